The summed E-state index contributed by atoms with van der Waals surface area (Å²) in [6.07, 6.45) is 2.36. The number of nitrogens with zero attached hydrogens (tertiary/aromatic N) is 1. The lowest BCUT2D eigenvalue weighted by Crippen LogP contribution is -2.40. The average Bonchev–Trinajstić information content (AvgIpc) is 2.38. The van der Waals surface area contributed by atoms with Gasteiger partial charge in [0, 0.05) is 5.56 Å². The molecule has 1 aromatic rings. The van der Waals surface area contributed by atoms with Crippen LogP contribution in [0.2, 0.25) is 5.02 Å². The minimum Gasteiger partial charge on any atom is -0.296 e. The highest BCUT2D eigenvalue weighted by molar-refractivity contribution is 6.34. The van der Waals surface area contributed by atoms with Crippen molar-refractivity contribution in [3.63, 3.8) is 0 Å². The summed E-state index contributed by atoms with van der Waals surface area (Å²) in [5, 5.41) is 0.557. The van der Waals surface area contributed by atoms with Crippen LogP contribution in [0.5, 0.6) is 0 Å². The quantitative estimate of drug-likeness (QED) is 0.775. The number of ketones is 1. The van der Waals surface area contributed by atoms with Gasteiger partial charge in [0.05, 0.1) is 11.6 Å². The minimum absolute atomic E-state index is 0.129. The molecule has 0 atom stereocenters. The summed E-state index contributed by atoms with van der Waals surface area (Å²) in [6, 6.07) is 7.31. The molecule has 1 aliphatic heterocycles. The topological polar surface area (TPSA) is 20.3 Å². The Morgan fingerprint density at radius 3 is 2.40 bits per heavy atom. The monoisotopic (exact) mass is 293 g/mol. The van der Waals surface area contributed by atoms with Crippen LogP contribution in [0.25, 0.3) is 0 Å². The number of likely N-dealkylation sites (tertiary alicyclic amines) is 1. The molecule has 3 heteroatoms. The van der Waals surface area contributed by atoms with E-state index in [-0.39, 0.29) is 5.78 Å². The third kappa shape index (κ3) is 3.83. The van der Waals surface area contributed by atoms with E-state index >= 15 is 0 Å². The Balaban J connectivity index is 1.90. The largest absolute Gasteiger partial charge is 0.296 e. The van der Waals surface area contributed by atoms with E-state index in [1.807, 2.05) is 18.2 Å². The van der Waals surface area contributed by atoms with Crippen molar-refractivity contribution >= 4 is 17.4 Å². The van der Waals surface area contributed by atoms with Gasteiger partial charge in [0.25, 0.3) is 0 Å². The zero-order valence-electron chi connectivity index (χ0n) is 12.7. The number of Topliss-reactive ketones (excluding diaryl/α,β-unsaturated/α-hetero) is 1. The molecular weight excluding hydrogens is 270 g/mol. The predicted octanol–water partition coefficient (Wildman–Crippen LogP) is 4.28. The first-order valence-corrected chi connectivity index (χ1v) is 7.76. The molecule has 0 unspecified atom stereocenters. The van der Waals surface area contributed by atoms with Crippen molar-refractivity contribution in [2.24, 2.45) is 11.3 Å². The van der Waals surface area contributed by atoms with Crippen molar-refractivity contribution in [3.05, 3.63) is 34.9 Å². The van der Waals surface area contributed by atoms with Crippen LogP contribution in [0.3, 0.4) is 0 Å². The Morgan fingerprint density at radius 1 is 1.25 bits per heavy atom. The molecule has 0 saturated carbocycles. The second kappa shape index (κ2) is 6.28. The van der Waals surface area contributed by atoms with E-state index in [1.54, 1.807) is 6.07 Å². The number of hydrogen-bond acceptors (Lipinski definition) is 2. The van der Waals surface area contributed by atoms with Crippen LogP contribution in [0.15, 0.2) is 24.3 Å². The molecule has 0 spiro atoms. The third-order valence-corrected chi connectivity index (χ3v) is 4.68. The van der Waals surface area contributed by atoms with Gasteiger partial charge in [0.1, 0.15) is 0 Å². The summed E-state index contributed by atoms with van der Waals surface area (Å²) >= 11 is 6.08. The Labute approximate surface area is 127 Å². The fraction of sp³-hybridized carbons (Fsp3) is 0.588. The van der Waals surface area contributed by atoms with E-state index in [2.05, 4.69) is 25.7 Å². The predicted molar refractivity (Wildman–Crippen MR) is 84.4 cm³/mol. The normalized spacial score (nSPS) is 18.2. The van der Waals surface area contributed by atoms with Gasteiger partial charge in [0.2, 0.25) is 0 Å². The molecule has 0 bridgehead atoms. The molecule has 1 heterocycles. The summed E-state index contributed by atoms with van der Waals surface area (Å²) in [6.45, 7) is 9.43. The van der Waals surface area contributed by atoms with E-state index in [1.165, 1.54) is 12.8 Å². The first-order valence-electron chi connectivity index (χ1n) is 7.38. The van der Waals surface area contributed by atoms with Gasteiger partial charge in [0.15, 0.2) is 5.78 Å². The van der Waals surface area contributed by atoms with Crippen molar-refractivity contribution < 1.29 is 4.79 Å². The number of benzene rings is 1. The van der Waals surface area contributed by atoms with Crippen LogP contribution in [0.1, 0.15) is 44.0 Å². The van der Waals surface area contributed by atoms with Gasteiger partial charge in [-0.25, -0.2) is 0 Å². The molecule has 0 aromatic heterocycles. The van der Waals surface area contributed by atoms with Crippen LogP contribution in [0.4, 0.5) is 0 Å². The van der Waals surface area contributed by atoms with Crippen LogP contribution in [0, 0.1) is 11.3 Å². The molecule has 110 valence electrons. The zero-order chi connectivity index (χ0) is 14.8. The molecule has 2 nitrogen and oxygen atoms in total. The minimum atomic E-state index is 0.129. The van der Waals surface area contributed by atoms with Gasteiger partial charge in [-0.15, -0.1) is 0 Å². The number of carbonyl (C=O) groups is 1. The maximum Gasteiger partial charge on any atom is 0.178 e. The Hall–Kier alpha value is -0.860. The van der Waals surface area contributed by atoms with Crippen molar-refractivity contribution in [1.82, 2.24) is 4.90 Å². The molecule has 0 radical (unpaired) electrons. The summed E-state index contributed by atoms with van der Waals surface area (Å²) in [5.41, 5.74) is 1.02. The lowest BCUT2D eigenvalue weighted by Gasteiger charge is -2.38. The highest BCUT2D eigenvalue weighted by atomic mass is 35.5. The molecule has 20 heavy (non-hydrogen) atoms. The number of rotatable bonds is 3. The second-order valence-corrected chi connectivity index (χ2v) is 7.23. The standard InChI is InChI=1S/C17H24ClNO/c1-17(2,3)13-8-10-19(11-9-13)12-16(20)14-6-4-5-7-15(14)18/h4-7,13H,8-12H2,1-3H3. The molecule has 1 aliphatic rings. The number of halogens is 1. The van der Waals surface area contributed by atoms with Crippen molar-refractivity contribution in [3.8, 4) is 0 Å². The molecule has 1 saturated heterocycles. The summed E-state index contributed by atoms with van der Waals surface area (Å²) in [5.74, 6) is 0.888. The van der Waals surface area contributed by atoms with Crippen LogP contribution >= 0.6 is 11.6 Å². The van der Waals surface area contributed by atoms with E-state index in [9.17, 15) is 4.79 Å². The van der Waals surface area contributed by atoms with Crippen molar-refractivity contribution in [2.45, 2.75) is 33.6 Å². The highest BCUT2D eigenvalue weighted by Gasteiger charge is 2.29. The fourth-order valence-corrected chi connectivity index (χ4v) is 3.17. The Morgan fingerprint density at radius 2 is 1.85 bits per heavy atom. The second-order valence-electron chi connectivity index (χ2n) is 6.82. The summed E-state index contributed by atoms with van der Waals surface area (Å²) < 4.78 is 0. The van der Waals surface area contributed by atoms with Gasteiger partial charge in [-0.3, -0.25) is 9.69 Å². The van der Waals surface area contributed by atoms with Gasteiger partial charge in [-0.2, -0.15) is 0 Å². The van der Waals surface area contributed by atoms with Crippen molar-refractivity contribution in [1.29, 1.82) is 0 Å². The Bertz CT molecular complexity index is 470. The van der Waals surface area contributed by atoms with Gasteiger partial charge in [-0.1, -0.05) is 44.5 Å². The first kappa shape index (κ1) is 15.5. The summed E-state index contributed by atoms with van der Waals surface area (Å²) in [7, 11) is 0. The van der Waals surface area contributed by atoms with E-state index in [0.717, 1.165) is 19.0 Å². The van der Waals surface area contributed by atoms with Gasteiger partial charge < -0.3 is 0 Å². The highest BCUT2D eigenvalue weighted by Crippen LogP contribution is 2.34. The van der Waals surface area contributed by atoms with Crippen LogP contribution in [-0.2, 0) is 0 Å². The maximum absolute atomic E-state index is 12.3. The molecule has 0 aliphatic carbocycles. The molecule has 1 fully saturated rings. The number of hydrogen-bond donors (Lipinski definition) is 0. The van der Waals surface area contributed by atoms with Gasteiger partial charge >= 0.3 is 0 Å². The number of piperidine rings is 1. The smallest absolute Gasteiger partial charge is 0.178 e. The SMILES string of the molecule is CC(C)(C)C1CCN(CC(=O)c2ccccc2Cl)CC1. The maximum atomic E-state index is 12.3. The van der Waals surface area contributed by atoms with E-state index < -0.39 is 0 Å². The van der Waals surface area contributed by atoms with Crippen LogP contribution in [-0.4, -0.2) is 30.3 Å². The van der Waals surface area contributed by atoms with E-state index in [4.69, 9.17) is 11.6 Å². The molecule has 2 rings (SSSR count). The van der Waals surface area contributed by atoms with Gasteiger partial charge in [-0.05, 0) is 49.4 Å². The van der Waals surface area contributed by atoms with Crippen molar-refractivity contribution in [2.75, 3.05) is 19.6 Å². The number of carbonyl (C=O) groups excluding carboxylic acids is 1. The average molecular weight is 294 g/mol. The third-order valence-electron chi connectivity index (χ3n) is 4.35. The van der Waals surface area contributed by atoms with E-state index in [0.29, 0.717) is 22.5 Å². The lowest BCUT2D eigenvalue weighted by molar-refractivity contribution is 0.0822. The molecule has 0 amide bonds. The molecule has 0 N–H and O–H groups in total. The first-order chi connectivity index (χ1) is 9.38. The Kier molecular flexibility index (Phi) is 4.87. The zero-order valence-corrected chi connectivity index (χ0v) is 13.4. The van der Waals surface area contributed by atoms with Crippen LogP contribution < -0.4 is 0 Å². The lowest BCUT2D eigenvalue weighted by atomic mass is 9.75. The fourth-order valence-electron chi connectivity index (χ4n) is 2.93. The molecule has 1 aromatic carbocycles. The summed E-state index contributed by atoms with van der Waals surface area (Å²) in [4.78, 5) is 14.5. The molecular formula is C17H24ClNO.